The maximum Gasteiger partial charge on any atom is 0.0603 e. The first-order valence-corrected chi connectivity index (χ1v) is 10.0. The first kappa shape index (κ1) is 23.2. The van der Waals surface area contributed by atoms with Crippen LogP contribution < -0.4 is 5.36 Å². The highest BCUT2D eigenvalue weighted by atomic mass is 35.5. The number of aryl methyl sites for hydroxylation is 1. The molecule has 0 spiro atoms. The summed E-state index contributed by atoms with van der Waals surface area (Å²) < 4.78 is 2.30. The number of hydrogen-bond acceptors (Lipinski definition) is 1. The predicted octanol–water partition coefficient (Wildman–Crippen LogP) is 6.53. The van der Waals surface area contributed by atoms with Crippen molar-refractivity contribution < 1.29 is 0 Å². The van der Waals surface area contributed by atoms with Gasteiger partial charge in [0.05, 0.1) is 5.36 Å². The van der Waals surface area contributed by atoms with E-state index < -0.39 is 0 Å². The van der Waals surface area contributed by atoms with Gasteiger partial charge in [-0.15, -0.1) is 12.4 Å². The molecule has 0 N–H and O–H groups in total. The van der Waals surface area contributed by atoms with Gasteiger partial charge < -0.3 is 4.57 Å². The molecule has 1 aromatic rings. The van der Waals surface area contributed by atoms with Crippen LogP contribution in [0.15, 0.2) is 29.5 Å². The smallest absolute Gasteiger partial charge is 0.0603 e. The second kappa shape index (κ2) is 17.1. The van der Waals surface area contributed by atoms with Gasteiger partial charge >= 0.3 is 0 Å². The molecular formula is C21H39ClN2. The molecule has 0 unspecified atom stereocenters. The molecule has 0 aliphatic rings. The lowest BCUT2D eigenvalue weighted by Crippen LogP contribution is -2.06. The molecule has 0 atom stereocenters. The van der Waals surface area contributed by atoms with Crippen LogP contribution in [0.4, 0.5) is 0 Å². The van der Waals surface area contributed by atoms with Crippen molar-refractivity contribution in [3.63, 3.8) is 0 Å². The zero-order valence-corrected chi connectivity index (χ0v) is 16.8. The van der Waals surface area contributed by atoms with Crippen LogP contribution in [0, 0.1) is 0 Å². The van der Waals surface area contributed by atoms with E-state index in [-0.39, 0.29) is 12.4 Å². The monoisotopic (exact) mass is 354 g/mol. The zero-order valence-electron chi connectivity index (χ0n) is 16.0. The Bertz CT molecular complexity index is 419. The topological polar surface area (TPSA) is 17.3 Å². The summed E-state index contributed by atoms with van der Waals surface area (Å²) >= 11 is 0. The van der Waals surface area contributed by atoms with Crippen molar-refractivity contribution in [3.05, 3.63) is 29.9 Å². The third-order valence-corrected chi connectivity index (χ3v) is 4.45. The SMILES string of the molecule is CCCCCCCCCn1ccc(=NCCCCCCC)cc1.Cl. The first-order chi connectivity index (χ1) is 11.4. The fourth-order valence-electron chi connectivity index (χ4n) is 2.88. The standard InChI is InChI=1S/C21H38N2.ClH/c1-3-5-7-9-10-12-14-18-23-19-15-21(16-20-23)22-17-13-11-8-6-4-2;/h15-16,19-20H,3-14,17-18H2,1-2H3;1H. The Morgan fingerprint density at radius 1 is 0.708 bits per heavy atom. The Kier molecular flexibility index (Phi) is 16.5. The molecule has 0 bridgehead atoms. The molecule has 1 heterocycles. The summed E-state index contributed by atoms with van der Waals surface area (Å²) in [6.45, 7) is 6.66. The number of halogens is 1. The van der Waals surface area contributed by atoms with Gasteiger partial charge in [-0.05, 0) is 25.0 Å². The average Bonchev–Trinajstić information content (AvgIpc) is 2.58. The van der Waals surface area contributed by atoms with Gasteiger partial charge in [-0.3, -0.25) is 4.99 Å². The molecule has 1 rings (SSSR count). The van der Waals surface area contributed by atoms with Gasteiger partial charge in [0.25, 0.3) is 0 Å². The highest BCUT2D eigenvalue weighted by Gasteiger charge is 1.93. The Morgan fingerprint density at radius 2 is 1.21 bits per heavy atom. The summed E-state index contributed by atoms with van der Waals surface area (Å²) in [6.07, 6.45) is 20.6. The van der Waals surface area contributed by atoms with Crippen LogP contribution >= 0.6 is 12.4 Å². The van der Waals surface area contributed by atoms with Gasteiger partial charge in [0, 0.05) is 25.5 Å². The Hall–Kier alpha value is -0.760. The summed E-state index contributed by atoms with van der Waals surface area (Å²) in [6, 6.07) is 4.32. The normalized spacial score (nSPS) is 10.4. The molecule has 0 amide bonds. The minimum absolute atomic E-state index is 0. The lowest BCUT2D eigenvalue weighted by molar-refractivity contribution is 0.548. The number of rotatable bonds is 14. The lowest BCUT2D eigenvalue weighted by atomic mass is 10.1. The highest BCUT2D eigenvalue weighted by Crippen LogP contribution is 2.07. The lowest BCUT2D eigenvalue weighted by Gasteiger charge is -2.06. The summed E-state index contributed by atoms with van der Waals surface area (Å²) in [5.41, 5.74) is 0. The van der Waals surface area contributed by atoms with Crippen molar-refractivity contribution in [1.29, 1.82) is 0 Å². The molecule has 0 radical (unpaired) electrons. The maximum absolute atomic E-state index is 4.67. The van der Waals surface area contributed by atoms with E-state index in [1.165, 1.54) is 77.0 Å². The molecule has 0 aliphatic carbocycles. The Balaban J connectivity index is 0.00000529. The van der Waals surface area contributed by atoms with E-state index in [0.717, 1.165) is 18.4 Å². The molecule has 2 nitrogen and oxygen atoms in total. The van der Waals surface area contributed by atoms with E-state index in [4.69, 9.17) is 0 Å². The van der Waals surface area contributed by atoms with E-state index in [2.05, 4.69) is 47.9 Å². The molecule has 1 aromatic heterocycles. The molecule has 0 aliphatic heterocycles. The van der Waals surface area contributed by atoms with Gasteiger partial charge in [0.1, 0.15) is 0 Å². The molecule has 0 saturated carbocycles. The third-order valence-electron chi connectivity index (χ3n) is 4.45. The molecule has 24 heavy (non-hydrogen) atoms. The van der Waals surface area contributed by atoms with Crippen LogP contribution in [0.5, 0.6) is 0 Å². The van der Waals surface area contributed by atoms with Crippen molar-refractivity contribution in [2.75, 3.05) is 6.54 Å². The second-order valence-electron chi connectivity index (χ2n) is 6.71. The van der Waals surface area contributed by atoms with E-state index in [1.54, 1.807) is 0 Å². The Morgan fingerprint density at radius 3 is 1.79 bits per heavy atom. The molecule has 0 aromatic carbocycles. The minimum Gasteiger partial charge on any atom is -0.354 e. The number of aromatic nitrogens is 1. The van der Waals surface area contributed by atoms with Gasteiger partial charge in [-0.25, -0.2) is 0 Å². The van der Waals surface area contributed by atoms with Gasteiger partial charge in [0.15, 0.2) is 0 Å². The summed E-state index contributed by atoms with van der Waals surface area (Å²) in [5, 5.41) is 1.14. The number of pyridine rings is 1. The van der Waals surface area contributed by atoms with Gasteiger partial charge in [-0.2, -0.15) is 0 Å². The highest BCUT2D eigenvalue weighted by molar-refractivity contribution is 5.85. The van der Waals surface area contributed by atoms with Gasteiger partial charge in [-0.1, -0.05) is 78.1 Å². The second-order valence-corrected chi connectivity index (χ2v) is 6.71. The summed E-state index contributed by atoms with van der Waals surface area (Å²) in [4.78, 5) is 4.67. The quantitative estimate of drug-likeness (QED) is 0.338. The maximum atomic E-state index is 4.67. The molecule has 0 fully saturated rings. The average molecular weight is 355 g/mol. The molecular weight excluding hydrogens is 316 g/mol. The molecule has 140 valence electrons. The fraction of sp³-hybridized carbons (Fsp3) is 0.762. The van der Waals surface area contributed by atoms with Crippen molar-refractivity contribution >= 4 is 12.4 Å². The number of nitrogens with zero attached hydrogens (tertiary/aromatic N) is 2. The zero-order chi connectivity index (χ0) is 16.6. The fourth-order valence-corrected chi connectivity index (χ4v) is 2.88. The van der Waals surface area contributed by atoms with Crippen molar-refractivity contribution in [2.24, 2.45) is 4.99 Å². The van der Waals surface area contributed by atoms with Crippen LogP contribution in [0.1, 0.15) is 90.9 Å². The molecule has 0 saturated heterocycles. The minimum atomic E-state index is 0. The van der Waals surface area contributed by atoms with Crippen molar-refractivity contribution in [2.45, 2.75) is 97.4 Å². The summed E-state index contributed by atoms with van der Waals surface area (Å²) in [5.74, 6) is 0. The van der Waals surface area contributed by atoms with Crippen LogP contribution in [0.3, 0.4) is 0 Å². The van der Waals surface area contributed by atoms with Crippen LogP contribution in [-0.2, 0) is 6.54 Å². The Labute approximate surface area is 156 Å². The van der Waals surface area contributed by atoms with E-state index in [9.17, 15) is 0 Å². The van der Waals surface area contributed by atoms with E-state index >= 15 is 0 Å². The van der Waals surface area contributed by atoms with E-state index in [0.29, 0.717) is 0 Å². The molecule has 3 heteroatoms. The number of unbranched alkanes of at least 4 members (excludes halogenated alkanes) is 10. The van der Waals surface area contributed by atoms with Crippen molar-refractivity contribution in [1.82, 2.24) is 4.57 Å². The number of hydrogen-bond donors (Lipinski definition) is 0. The van der Waals surface area contributed by atoms with E-state index in [1.807, 2.05) is 0 Å². The first-order valence-electron chi connectivity index (χ1n) is 10.0. The van der Waals surface area contributed by atoms with Crippen LogP contribution in [0.25, 0.3) is 0 Å². The van der Waals surface area contributed by atoms with Crippen molar-refractivity contribution in [3.8, 4) is 0 Å². The third kappa shape index (κ3) is 12.6. The van der Waals surface area contributed by atoms with Crippen LogP contribution in [0.2, 0.25) is 0 Å². The van der Waals surface area contributed by atoms with Gasteiger partial charge in [0.2, 0.25) is 0 Å². The predicted molar refractivity (Wildman–Crippen MR) is 109 cm³/mol. The van der Waals surface area contributed by atoms with Crippen LogP contribution in [-0.4, -0.2) is 11.1 Å². The summed E-state index contributed by atoms with van der Waals surface area (Å²) in [7, 11) is 0. The largest absolute Gasteiger partial charge is 0.354 e.